The normalized spacial score (nSPS) is 15.6. The average molecular weight is 328 g/mol. The Hall–Kier alpha value is -2.50. The van der Waals surface area contributed by atoms with E-state index in [-0.39, 0.29) is 18.7 Å². The number of hydrogen-bond acceptors (Lipinski definition) is 5. The van der Waals surface area contributed by atoms with Gasteiger partial charge in [0.15, 0.2) is 17.4 Å². The highest BCUT2D eigenvalue weighted by molar-refractivity contribution is 5.92. The van der Waals surface area contributed by atoms with E-state index in [1.165, 1.54) is 0 Å². The number of benzene rings is 1. The molecule has 0 bridgehead atoms. The maximum absolute atomic E-state index is 13.0. The van der Waals surface area contributed by atoms with Crippen molar-refractivity contribution in [3.05, 3.63) is 41.1 Å². The second-order valence-corrected chi connectivity index (χ2v) is 6.23. The molecule has 1 saturated carbocycles. The molecule has 126 valence electrons. The van der Waals surface area contributed by atoms with Crippen LogP contribution in [0, 0.1) is 6.92 Å². The lowest BCUT2D eigenvalue weighted by molar-refractivity contribution is 0.0694. The van der Waals surface area contributed by atoms with Gasteiger partial charge in [-0.3, -0.25) is 4.79 Å². The first kappa shape index (κ1) is 15.1. The molecule has 2 aromatic rings. The lowest BCUT2D eigenvalue weighted by Crippen LogP contribution is -2.32. The van der Waals surface area contributed by atoms with Crippen LogP contribution in [0.2, 0.25) is 0 Å². The van der Waals surface area contributed by atoms with Crippen LogP contribution < -0.4 is 9.47 Å². The Morgan fingerprint density at radius 2 is 2.08 bits per heavy atom. The van der Waals surface area contributed by atoms with Crippen LogP contribution in [-0.2, 0) is 13.0 Å². The first-order valence-corrected chi connectivity index (χ1v) is 8.31. The summed E-state index contributed by atoms with van der Waals surface area (Å²) < 4.78 is 16.4. The van der Waals surface area contributed by atoms with E-state index in [0.717, 1.165) is 29.9 Å². The topological polar surface area (TPSA) is 64.8 Å². The van der Waals surface area contributed by atoms with Crippen LogP contribution in [0.5, 0.6) is 11.5 Å². The zero-order valence-corrected chi connectivity index (χ0v) is 13.9. The number of amides is 1. The summed E-state index contributed by atoms with van der Waals surface area (Å²) in [5.41, 5.74) is 1.68. The summed E-state index contributed by atoms with van der Waals surface area (Å²) in [6.07, 6.45) is 2.74. The third kappa shape index (κ3) is 2.72. The van der Waals surface area contributed by atoms with Crippen molar-refractivity contribution < 1.29 is 18.7 Å². The van der Waals surface area contributed by atoms with Crippen molar-refractivity contribution in [1.82, 2.24) is 9.88 Å². The van der Waals surface area contributed by atoms with Crippen LogP contribution in [0.15, 0.2) is 22.6 Å². The number of nitrogens with zero attached hydrogens (tertiary/aromatic N) is 2. The molecule has 6 heteroatoms. The van der Waals surface area contributed by atoms with Gasteiger partial charge in [0.05, 0.1) is 5.69 Å². The third-order valence-electron chi connectivity index (χ3n) is 4.38. The molecule has 1 aromatic carbocycles. The number of carbonyl (C=O) groups excluding carboxylic acids is 1. The number of fused-ring (bicyclic) bond motifs is 1. The second kappa shape index (κ2) is 5.85. The highest BCUT2D eigenvalue weighted by atomic mass is 16.7. The van der Waals surface area contributed by atoms with Gasteiger partial charge in [0.2, 0.25) is 12.6 Å². The molecule has 2 heterocycles. The molecule has 2 aliphatic rings. The number of aromatic nitrogens is 1. The van der Waals surface area contributed by atoms with E-state index in [0.29, 0.717) is 30.3 Å². The van der Waals surface area contributed by atoms with Gasteiger partial charge in [-0.25, -0.2) is 4.98 Å². The Morgan fingerprint density at radius 3 is 2.79 bits per heavy atom. The number of oxazole rings is 1. The molecular formula is C18H20N2O4. The Labute approximate surface area is 140 Å². The van der Waals surface area contributed by atoms with Gasteiger partial charge in [-0.2, -0.15) is 0 Å². The van der Waals surface area contributed by atoms with Crippen LogP contribution in [0.1, 0.15) is 47.5 Å². The van der Waals surface area contributed by atoms with E-state index in [1.54, 1.807) is 0 Å². The standard InChI is InChI=1S/C18H20N2O4/c1-3-16-19-11(2)17(24-16)18(21)20(13-5-6-13)9-12-4-7-14-15(8-12)23-10-22-14/h4,7-8,13H,3,5-6,9-10H2,1-2H3. The second-order valence-electron chi connectivity index (χ2n) is 6.23. The Balaban J connectivity index is 1.58. The molecule has 1 aliphatic carbocycles. The summed E-state index contributed by atoms with van der Waals surface area (Å²) in [4.78, 5) is 19.1. The molecule has 4 rings (SSSR count). The third-order valence-corrected chi connectivity index (χ3v) is 4.38. The molecule has 1 amide bonds. The predicted octanol–water partition coefficient (Wildman–Crippen LogP) is 3.08. The fourth-order valence-electron chi connectivity index (χ4n) is 2.92. The van der Waals surface area contributed by atoms with E-state index in [9.17, 15) is 4.79 Å². The highest BCUT2D eigenvalue weighted by Crippen LogP contribution is 2.35. The molecule has 0 atom stereocenters. The fourth-order valence-corrected chi connectivity index (χ4v) is 2.92. The monoisotopic (exact) mass is 328 g/mol. The molecular weight excluding hydrogens is 308 g/mol. The largest absolute Gasteiger partial charge is 0.454 e. The molecule has 6 nitrogen and oxygen atoms in total. The van der Waals surface area contributed by atoms with Gasteiger partial charge in [-0.1, -0.05) is 13.0 Å². The average Bonchev–Trinajstić information content (AvgIpc) is 3.19. The smallest absolute Gasteiger partial charge is 0.292 e. The minimum atomic E-state index is -0.0835. The molecule has 0 saturated heterocycles. The summed E-state index contributed by atoms with van der Waals surface area (Å²) in [6, 6.07) is 6.08. The molecule has 1 aromatic heterocycles. The van der Waals surface area contributed by atoms with Gasteiger partial charge in [-0.15, -0.1) is 0 Å². The summed E-state index contributed by atoms with van der Waals surface area (Å²) in [6.45, 7) is 4.56. The van der Waals surface area contributed by atoms with Crippen LogP contribution in [0.4, 0.5) is 0 Å². The molecule has 24 heavy (non-hydrogen) atoms. The molecule has 0 spiro atoms. The van der Waals surface area contributed by atoms with Crippen molar-refractivity contribution in [3.8, 4) is 11.5 Å². The number of hydrogen-bond donors (Lipinski definition) is 0. The van der Waals surface area contributed by atoms with E-state index in [1.807, 2.05) is 36.9 Å². The Kier molecular flexibility index (Phi) is 3.67. The number of rotatable bonds is 5. The van der Waals surface area contributed by atoms with Gasteiger partial charge in [0.1, 0.15) is 0 Å². The quantitative estimate of drug-likeness (QED) is 0.844. The van der Waals surface area contributed by atoms with Gasteiger partial charge in [0.25, 0.3) is 5.91 Å². The molecule has 1 fully saturated rings. The first-order valence-electron chi connectivity index (χ1n) is 8.31. The van der Waals surface area contributed by atoms with Gasteiger partial charge < -0.3 is 18.8 Å². The van der Waals surface area contributed by atoms with Gasteiger partial charge in [-0.05, 0) is 37.5 Å². The lowest BCUT2D eigenvalue weighted by Gasteiger charge is -2.21. The fraction of sp³-hybridized carbons (Fsp3) is 0.444. The number of carbonyl (C=O) groups is 1. The van der Waals surface area contributed by atoms with Crippen LogP contribution in [-0.4, -0.2) is 28.6 Å². The van der Waals surface area contributed by atoms with Crippen molar-refractivity contribution in [1.29, 1.82) is 0 Å². The minimum absolute atomic E-state index is 0.0835. The minimum Gasteiger partial charge on any atom is -0.454 e. The maximum atomic E-state index is 13.0. The zero-order valence-electron chi connectivity index (χ0n) is 13.9. The summed E-state index contributed by atoms with van der Waals surface area (Å²) in [5, 5.41) is 0. The van der Waals surface area contributed by atoms with Crippen molar-refractivity contribution in [2.24, 2.45) is 0 Å². The molecule has 0 N–H and O–H groups in total. The van der Waals surface area contributed by atoms with E-state index < -0.39 is 0 Å². The SMILES string of the molecule is CCc1nc(C)c(C(=O)N(Cc2ccc3c(c2)OCO3)C2CC2)o1. The summed E-state index contributed by atoms with van der Waals surface area (Å²) in [7, 11) is 0. The van der Waals surface area contributed by atoms with Crippen molar-refractivity contribution in [2.75, 3.05) is 6.79 Å². The van der Waals surface area contributed by atoms with E-state index in [2.05, 4.69) is 4.98 Å². The van der Waals surface area contributed by atoms with Crippen LogP contribution in [0.3, 0.4) is 0 Å². The van der Waals surface area contributed by atoms with Crippen molar-refractivity contribution in [2.45, 2.75) is 45.7 Å². The molecule has 1 aliphatic heterocycles. The van der Waals surface area contributed by atoms with Gasteiger partial charge in [0, 0.05) is 19.0 Å². The number of aryl methyl sites for hydroxylation is 2. The van der Waals surface area contributed by atoms with Crippen LogP contribution >= 0.6 is 0 Å². The Bertz CT molecular complexity index is 779. The molecule has 0 unspecified atom stereocenters. The van der Waals surface area contributed by atoms with Crippen molar-refractivity contribution in [3.63, 3.8) is 0 Å². The van der Waals surface area contributed by atoms with Gasteiger partial charge >= 0.3 is 0 Å². The first-order chi connectivity index (χ1) is 11.7. The zero-order chi connectivity index (χ0) is 16.7. The predicted molar refractivity (Wildman–Crippen MR) is 86.1 cm³/mol. The molecule has 0 radical (unpaired) electrons. The van der Waals surface area contributed by atoms with Crippen molar-refractivity contribution >= 4 is 5.91 Å². The highest BCUT2D eigenvalue weighted by Gasteiger charge is 2.35. The number of ether oxygens (including phenoxy) is 2. The van der Waals surface area contributed by atoms with Crippen LogP contribution in [0.25, 0.3) is 0 Å². The Morgan fingerprint density at radius 1 is 1.29 bits per heavy atom. The summed E-state index contributed by atoms with van der Waals surface area (Å²) >= 11 is 0. The summed E-state index contributed by atoms with van der Waals surface area (Å²) in [5.74, 6) is 2.37. The lowest BCUT2D eigenvalue weighted by atomic mass is 10.1. The van der Waals surface area contributed by atoms with E-state index >= 15 is 0 Å². The van der Waals surface area contributed by atoms with E-state index in [4.69, 9.17) is 13.9 Å². The maximum Gasteiger partial charge on any atom is 0.292 e.